The molecule has 6 aromatic rings. The largest absolute Gasteiger partial charge is 0.446 e. The Morgan fingerprint density at radius 1 is 0.741 bits per heavy atom. The average Bonchev–Trinajstić information content (AvgIpc) is 3.48. The number of hydrogen-bond donors (Lipinski definition) is 1. The van der Waals surface area contributed by atoms with Crippen molar-refractivity contribution < 1.29 is 4.42 Å². The fourth-order valence-electron chi connectivity index (χ4n) is 2.48. The van der Waals surface area contributed by atoms with Gasteiger partial charge in [0.2, 0.25) is 5.71 Å². The maximum atomic E-state index is 5.01. The molecule has 6 aromatic heterocycles. The Labute approximate surface area is 159 Å². The molecule has 0 amide bonds. The minimum Gasteiger partial charge on any atom is -0.446 e. The van der Waals surface area contributed by atoms with E-state index in [0.717, 1.165) is 21.3 Å². The van der Waals surface area contributed by atoms with Crippen LogP contribution in [0, 0.1) is 0 Å². The van der Waals surface area contributed by atoms with Gasteiger partial charge in [0.25, 0.3) is 0 Å². The first-order valence-corrected chi connectivity index (χ1v) is 9.23. The molecule has 0 aliphatic carbocycles. The zero-order valence-electron chi connectivity index (χ0n) is 14.3. The molecule has 0 aliphatic heterocycles. The Morgan fingerprint density at radius 3 is 2.33 bits per heavy atom. The third-order valence-corrected chi connectivity index (χ3v) is 4.61. The molecule has 6 rings (SSSR count). The van der Waals surface area contributed by atoms with E-state index >= 15 is 0 Å². The molecule has 6 heteroatoms. The number of nitrogens with zero attached hydrogens (tertiary/aromatic N) is 3. The first-order chi connectivity index (χ1) is 13.4. The summed E-state index contributed by atoms with van der Waals surface area (Å²) in [6.45, 7) is 0. The first kappa shape index (κ1) is 16.9. The van der Waals surface area contributed by atoms with E-state index in [1.807, 2.05) is 54.9 Å². The van der Waals surface area contributed by atoms with Crippen molar-refractivity contribution in [2.75, 3.05) is 0 Å². The summed E-state index contributed by atoms with van der Waals surface area (Å²) in [5, 5.41) is 5.51. The summed E-state index contributed by atoms with van der Waals surface area (Å²) in [6, 6.07) is 17.8. The third kappa shape index (κ3) is 4.19. The number of rotatable bonds is 0. The monoisotopic (exact) mass is 372 g/mol. The molecule has 0 fully saturated rings. The van der Waals surface area contributed by atoms with Crippen LogP contribution >= 0.6 is 11.3 Å². The number of pyridine rings is 3. The van der Waals surface area contributed by atoms with Crippen LogP contribution in [0.25, 0.3) is 32.3 Å². The second-order valence-corrected chi connectivity index (χ2v) is 6.45. The normalized spacial score (nSPS) is 10.2. The molecule has 132 valence electrons. The molecule has 27 heavy (non-hydrogen) atoms. The van der Waals surface area contributed by atoms with Crippen LogP contribution in [0.1, 0.15) is 0 Å². The minimum atomic E-state index is 0.706. The number of fused-ring (bicyclic) bond motifs is 3. The number of H-pyrrole nitrogens is 1. The number of thiophene rings is 1. The maximum absolute atomic E-state index is 5.01. The molecule has 0 bridgehead atoms. The fourth-order valence-corrected chi connectivity index (χ4v) is 3.22. The van der Waals surface area contributed by atoms with Crippen molar-refractivity contribution in [2.45, 2.75) is 0 Å². The standard InChI is InChI=1S/C7H6N2.C7H5NO.C7H5NS/c3*1-2-6-3-5-9-7(6)8-4-1/h1-5H,(H,8,9);2*1-5H. The average molecular weight is 372 g/mol. The number of hydrogen-bond acceptors (Lipinski definition) is 5. The summed E-state index contributed by atoms with van der Waals surface area (Å²) in [6.07, 6.45) is 8.83. The zero-order valence-corrected chi connectivity index (χ0v) is 15.1. The van der Waals surface area contributed by atoms with Crippen molar-refractivity contribution in [2.24, 2.45) is 0 Å². The molecular weight excluding hydrogens is 356 g/mol. The van der Waals surface area contributed by atoms with Crippen molar-refractivity contribution in [3.8, 4) is 0 Å². The Morgan fingerprint density at radius 2 is 1.52 bits per heavy atom. The lowest BCUT2D eigenvalue weighted by Gasteiger charge is -1.82. The van der Waals surface area contributed by atoms with Gasteiger partial charge >= 0.3 is 0 Å². The van der Waals surface area contributed by atoms with Crippen molar-refractivity contribution in [1.29, 1.82) is 0 Å². The molecule has 0 spiro atoms. The Kier molecular flexibility index (Phi) is 5.17. The third-order valence-electron chi connectivity index (χ3n) is 3.78. The highest BCUT2D eigenvalue weighted by Crippen LogP contribution is 2.16. The SMILES string of the molecule is c1cnc2[nH]ccc2c1.c1cnc2occc2c1.c1cnc2sccc2c1. The Balaban J connectivity index is 0.0000001000. The lowest BCUT2D eigenvalue weighted by atomic mass is 10.3. The molecule has 0 saturated carbocycles. The molecule has 1 N–H and O–H groups in total. The zero-order chi connectivity index (χ0) is 18.3. The number of nitrogens with one attached hydrogen (secondary N) is 1. The Hall–Kier alpha value is -3.51. The molecule has 6 heterocycles. The van der Waals surface area contributed by atoms with Crippen LogP contribution in [-0.2, 0) is 0 Å². The highest BCUT2D eigenvalue weighted by molar-refractivity contribution is 7.16. The van der Waals surface area contributed by atoms with E-state index < -0.39 is 0 Å². The second-order valence-electron chi connectivity index (χ2n) is 5.56. The van der Waals surface area contributed by atoms with Crippen LogP contribution in [0.2, 0.25) is 0 Å². The Bertz CT molecular complexity index is 1010. The quantitative estimate of drug-likeness (QED) is 0.372. The van der Waals surface area contributed by atoms with Gasteiger partial charge in [-0.05, 0) is 53.9 Å². The summed E-state index contributed by atoms with van der Waals surface area (Å²) >= 11 is 1.68. The number of aromatic amines is 1. The van der Waals surface area contributed by atoms with E-state index in [-0.39, 0.29) is 0 Å². The van der Waals surface area contributed by atoms with Gasteiger partial charge in [-0.3, -0.25) is 0 Å². The number of furan rings is 1. The minimum absolute atomic E-state index is 0.706. The predicted molar refractivity (Wildman–Crippen MR) is 110 cm³/mol. The number of aromatic nitrogens is 4. The molecule has 0 unspecified atom stereocenters. The second kappa shape index (κ2) is 8.25. The van der Waals surface area contributed by atoms with Gasteiger partial charge in [0.15, 0.2) is 0 Å². The topological polar surface area (TPSA) is 67.6 Å². The van der Waals surface area contributed by atoms with Gasteiger partial charge in [-0.25, -0.2) is 15.0 Å². The highest BCUT2D eigenvalue weighted by atomic mass is 32.1. The first-order valence-electron chi connectivity index (χ1n) is 8.35. The lowest BCUT2D eigenvalue weighted by Crippen LogP contribution is -1.70. The summed E-state index contributed by atoms with van der Waals surface area (Å²) in [4.78, 5) is 16.4. The fraction of sp³-hybridized carbons (Fsp3) is 0. The summed E-state index contributed by atoms with van der Waals surface area (Å²) in [5.74, 6) is 0. The van der Waals surface area contributed by atoms with Gasteiger partial charge < -0.3 is 9.40 Å². The lowest BCUT2D eigenvalue weighted by molar-refractivity contribution is 0.603. The van der Waals surface area contributed by atoms with Crippen molar-refractivity contribution in [3.63, 3.8) is 0 Å². The van der Waals surface area contributed by atoms with Crippen molar-refractivity contribution in [1.82, 2.24) is 19.9 Å². The van der Waals surface area contributed by atoms with Gasteiger partial charge in [-0.1, -0.05) is 6.07 Å². The molecule has 0 saturated heterocycles. The van der Waals surface area contributed by atoms with Crippen LogP contribution in [0.4, 0.5) is 0 Å². The molecular formula is C21H16N4OS. The van der Waals surface area contributed by atoms with E-state index in [9.17, 15) is 0 Å². The van der Waals surface area contributed by atoms with E-state index in [2.05, 4.69) is 37.4 Å². The van der Waals surface area contributed by atoms with Gasteiger partial charge in [0.05, 0.1) is 6.26 Å². The summed E-state index contributed by atoms with van der Waals surface area (Å²) in [5.41, 5.74) is 1.66. The molecule has 0 aliphatic rings. The maximum Gasteiger partial charge on any atom is 0.225 e. The molecule has 0 aromatic carbocycles. The van der Waals surface area contributed by atoms with Crippen molar-refractivity contribution in [3.05, 3.63) is 91.0 Å². The van der Waals surface area contributed by atoms with E-state index in [1.165, 1.54) is 5.39 Å². The molecule has 0 atom stereocenters. The summed E-state index contributed by atoms with van der Waals surface area (Å²) < 4.78 is 5.01. The van der Waals surface area contributed by atoms with Crippen LogP contribution in [0.15, 0.2) is 95.4 Å². The van der Waals surface area contributed by atoms with Gasteiger partial charge in [0.1, 0.15) is 10.5 Å². The van der Waals surface area contributed by atoms with Gasteiger partial charge in [-0.2, -0.15) is 0 Å². The smallest absolute Gasteiger partial charge is 0.225 e. The highest BCUT2D eigenvalue weighted by Gasteiger charge is 1.91. The summed E-state index contributed by atoms with van der Waals surface area (Å²) in [7, 11) is 0. The van der Waals surface area contributed by atoms with Crippen LogP contribution < -0.4 is 0 Å². The van der Waals surface area contributed by atoms with Crippen LogP contribution in [-0.4, -0.2) is 19.9 Å². The van der Waals surface area contributed by atoms with Gasteiger partial charge in [-0.15, -0.1) is 11.3 Å². The van der Waals surface area contributed by atoms with Crippen LogP contribution in [0.3, 0.4) is 0 Å². The van der Waals surface area contributed by atoms with E-state index in [4.69, 9.17) is 4.42 Å². The van der Waals surface area contributed by atoms with Crippen LogP contribution in [0.5, 0.6) is 0 Å². The molecule has 0 radical (unpaired) electrons. The van der Waals surface area contributed by atoms with E-state index in [0.29, 0.717) is 5.71 Å². The van der Waals surface area contributed by atoms with Gasteiger partial charge in [0, 0.05) is 40.9 Å². The van der Waals surface area contributed by atoms with E-state index in [1.54, 1.807) is 30.0 Å². The van der Waals surface area contributed by atoms with Crippen molar-refractivity contribution >= 4 is 43.7 Å². The molecule has 5 nitrogen and oxygen atoms in total. The predicted octanol–water partition coefficient (Wildman–Crippen LogP) is 5.69.